The van der Waals surface area contributed by atoms with E-state index in [1.165, 1.54) is 51.4 Å². The van der Waals surface area contributed by atoms with Crippen LogP contribution in [0.15, 0.2) is 48.6 Å². The van der Waals surface area contributed by atoms with Gasteiger partial charge in [-0.15, -0.1) is 0 Å². The molecule has 0 saturated carbocycles. The third-order valence-corrected chi connectivity index (χ3v) is 11.7. The monoisotopic (exact) mass is 916 g/mol. The van der Waals surface area contributed by atoms with Crippen molar-refractivity contribution in [3.05, 3.63) is 48.6 Å². The maximum atomic E-state index is 13.2. The number of rotatable bonds is 45. The zero-order valence-corrected chi connectivity index (χ0v) is 42.5. The molecule has 0 rings (SSSR count). The van der Waals surface area contributed by atoms with Crippen molar-refractivity contribution in [2.24, 2.45) is 5.92 Å². The van der Waals surface area contributed by atoms with E-state index < -0.39 is 24.3 Å². The van der Waals surface area contributed by atoms with Crippen LogP contribution in [0, 0.1) is 5.92 Å². The first-order valence-corrected chi connectivity index (χ1v) is 26.3. The summed E-state index contributed by atoms with van der Waals surface area (Å²) in [5.41, 5.74) is 0. The maximum Gasteiger partial charge on any atom is 0.508 e. The lowest BCUT2D eigenvalue weighted by Gasteiger charge is -2.23. The van der Waals surface area contributed by atoms with Crippen LogP contribution < -0.4 is 0 Å². The Kier molecular flexibility index (Phi) is 44.6. The lowest BCUT2D eigenvalue weighted by Crippen LogP contribution is -2.31. The summed E-state index contributed by atoms with van der Waals surface area (Å²) in [6.45, 7) is 11.9. The Balaban J connectivity index is 4.95. The topological polar surface area (TPSA) is 118 Å². The van der Waals surface area contributed by atoms with Gasteiger partial charge in [-0.05, 0) is 109 Å². The van der Waals surface area contributed by atoms with Crippen LogP contribution in [-0.2, 0) is 38.1 Å². The minimum absolute atomic E-state index is 0.0208. The highest BCUT2D eigenvalue weighted by Gasteiger charge is 2.24. The fourth-order valence-electron chi connectivity index (χ4n) is 7.15. The number of allylic oxidation sites excluding steroid dienone is 8. The van der Waals surface area contributed by atoms with Gasteiger partial charge in [-0.1, -0.05) is 160 Å². The van der Waals surface area contributed by atoms with Crippen molar-refractivity contribution in [1.82, 2.24) is 4.90 Å². The Morgan fingerprint density at radius 2 is 0.923 bits per heavy atom. The third kappa shape index (κ3) is 43.0. The van der Waals surface area contributed by atoms with Crippen LogP contribution >= 0.6 is 0 Å². The third-order valence-electron chi connectivity index (χ3n) is 11.7. The lowest BCUT2D eigenvalue weighted by atomic mass is 9.94. The van der Waals surface area contributed by atoms with Gasteiger partial charge >= 0.3 is 24.1 Å². The van der Waals surface area contributed by atoms with Gasteiger partial charge in [0.2, 0.25) is 0 Å². The van der Waals surface area contributed by atoms with Gasteiger partial charge in [0.05, 0.1) is 0 Å². The van der Waals surface area contributed by atoms with Crippen LogP contribution in [0.1, 0.15) is 221 Å². The molecule has 0 bridgehead atoms. The van der Waals surface area contributed by atoms with E-state index in [-0.39, 0.29) is 57.4 Å². The standard InChI is InChI=1S/C55H97NO9/c1-7-12-14-16-18-20-22-24-26-28-30-32-34-36-38-40-52(57)62-47-51(48-63-53(58)41-39-37-35-33-31-29-27-25-23-21-19-17-15-13-8-2)64-54(59)43-42-50(46-49(9-3)10-4)65-55(60)61-45-44-56(6)11-5/h18-21,24-27,49-51H,7-17,22-23,28-48H2,1-6H3/b20-18-,21-19-,26-24-,27-25-. The van der Waals surface area contributed by atoms with Gasteiger partial charge < -0.3 is 28.6 Å². The molecule has 0 N–H and O–H groups in total. The summed E-state index contributed by atoms with van der Waals surface area (Å²) in [5.74, 6) is -0.952. The fraction of sp³-hybridized carbons (Fsp3) is 0.782. The molecule has 0 radical (unpaired) electrons. The molecule has 0 aromatic heterocycles. The quantitative estimate of drug-likeness (QED) is 0.0253. The van der Waals surface area contributed by atoms with E-state index in [1.54, 1.807) is 0 Å². The molecule has 1 unspecified atom stereocenters. The predicted octanol–water partition coefficient (Wildman–Crippen LogP) is 14.7. The molecule has 0 heterocycles. The maximum absolute atomic E-state index is 13.2. The SMILES string of the molecule is CCCCC/C=C\C/C=C\CCCCCCCC(=O)OCC(COC(=O)CCCCCCC/C=C\C/C=C\CCCCC)OC(=O)CCC(CC(CC)CC)OC(=O)OCCN(C)CC. The number of esters is 3. The second kappa shape index (κ2) is 47.1. The van der Waals surface area contributed by atoms with E-state index >= 15 is 0 Å². The Hall–Kier alpha value is -3.40. The Morgan fingerprint density at radius 3 is 1.37 bits per heavy atom. The molecule has 10 heteroatoms. The molecule has 0 aliphatic carbocycles. The van der Waals surface area contributed by atoms with E-state index in [2.05, 4.69) is 76.3 Å². The molecule has 376 valence electrons. The molecule has 0 aromatic rings. The molecule has 0 aromatic carbocycles. The van der Waals surface area contributed by atoms with Crippen molar-refractivity contribution >= 4 is 24.1 Å². The average molecular weight is 916 g/mol. The highest BCUT2D eigenvalue weighted by molar-refractivity contribution is 5.71. The molecule has 0 saturated heterocycles. The molecule has 10 nitrogen and oxygen atoms in total. The van der Waals surface area contributed by atoms with E-state index in [9.17, 15) is 19.2 Å². The molecule has 0 aliphatic heterocycles. The number of nitrogens with zero attached hydrogens (tertiary/aromatic N) is 1. The number of carbonyl (C=O) groups excluding carboxylic acids is 4. The van der Waals surface area contributed by atoms with Gasteiger partial charge in [-0.2, -0.15) is 0 Å². The Bertz CT molecular complexity index is 1200. The van der Waals surface area contributed by atoms with Gasteiger partial charge in [-0.3, -0.25) is 14.4 Å². The first-order chi connectivity index (χ1) is 31.7. The van der Waals surface area contributed by atoms with Crippen molar-refractivity contribution < 1.29 is 42.9 Å². The second-order valence-corrected chi connectivity index (χ2v) is 17.6. The van der Waals surface area contributed by atoms with Crippen LogP contribution in [0.2, 0.25) is 0 Å². The summed E-state index contributed by atoms with van der Waals surface area (Å²) >= 11 is 0. The number of carbonyl (C=O) groups is 4. The molecule has 0 fully saturated rings. The molecule has 0 amide bonds. The normalized spacial score (nSPS) is 12.4. The summed E-state index contributed by atoms with van der Waals surface area (Å²) in [5, 5.41) is 0. The zero-order valence-electron chi connectivity index (χ0n) is 42.5. The Morgan fingerprint density at radius 1 is 0.477 bits per heavy atom. The first-order valence-electron chi connectivity index (χ1n) is 26.3. The van der Waals surface area contributed by atoms with Gasteiger partial charge in [0.25, 0.3) is 0 Å². The van der Waals surface area contributed by atoms with Crippen molar-refractivity contribution in [2.75, 3.05) is 40.0 Å². The summed E-state index contributed by atoms with van der Waals surface area (Å²) in [6, 6.07) is 0. The summed E-state index contributed by atoms with van der Waals surface area (Å²) in [4.78, 5) is 53.2. The molecule has 65 heavy (non-hydrogen) atoms. The van der Waals surface area contributed by atoms with Crippen LogP contribution in [0.3, 0.4) is 0 Å². The largest absolute Gasteiger partial charge is 0.508 e. The van der Waals surface area contributed by atoms with Gasteiger partial charge in [0, 0.05) is 25.8 Å². The van der Waals surface area contributed by atoms with Crippen molar-refractivity contribution in [3.63, 3.8) is 0 Å². The lowest BCUT2D eigenvalue weighted by molar-refractivity contribution is -0.167. The van der Waals surface area contributed by atoms with Crippen molar-refractivity contribution in [1.29, 1.82) is 0 Å². The van der Waals surface area contributed by atoms with E-state index in [0.29, 0.717) is 18.9 Å². The zero-order chi connectivity index (χ0) is 47.9. The first kappa shape index (κ1) is 61.6. The molecular formula is C55H97NO9. The number of likely N-dealkylation sites (N-methyl/N-ethyl adjacent to an activating group) is 1. The van der Waals surface area contributed by atoms with Crippen LogP contribution in [0.4, 0.5) is 4.79 Å². The molecule has 1 atom stereocenters. The predicted molar refractivity (Wildman–Crippen MR) is 268 cm³/mol. The van der Waals surface area contributed by atoms with Gasteiger partial charge in [-0.25, -0.2) is 4.79 Å². The van der Waals surface area contributed by atoms with Crippen molar-refractivity contribution in [2.45, 2.75) is 233 Å². The second-order valence-electron chi connectivity index (χ2n) is 17.6. The van der Waals surface area contributed by atoms with Crippen molar-refractivity contribution in [3.8, 4) is 0 Å². The van der Waals surface area contributed by atoms with Crippen LogP contribution in [0.25, 0.3) is 0 Å². The summed E-state index contributed by atoms with van der Waals surface area (Å²) in [7, 11) is 1.95. The summed E-state index contributed by atoms with van der Waals surface area (Å²) < 4.78 is 27.8. The van der Waals surface area contributed by atoms with Crippen LogP contribution in [-0.4, -0.2) is 81.1 Å². The highest BCUT2D eigenvalue weighted by atomic mass is 16.7. The number of unbranched alkanes of at least 4 members (excludes halogenated alkanes) is 16. The smallest absolute Gasteiger partial charge is 0.462 e. The molecule has 0 aliphatic rings. The van der Waals surface area contributed by atoms with Gasteiger partial charge in [0.1, 0.15) is 25.9 Å². The highest BCUT2D eigenvalue weighted by Crippen LogP contribution is 2.21. The summed E-state index contributed by atoms with van der Waals surface area (Å²) in [6.07, 6.45) is 43.2. The van der Waals surface area contributed by atoms with E-state index in [4.69, 9.17) is 23.7 Å². The van der Waals surface area contributed by atoms with Gasteiger partial charge in [0.15, 0.2) is 6.10 Å². The number of hydrogen-bond acceptors (Lipinski definition) is 10. The Labute approximate surface area is 398 Å². The fourth-order valence-corrected chi connectivity index (χ4v) is 7.15. The number of ether oxygens (including phenoxy) is 5. The molecular weight excluding hydrogens is 819 g/mol. The minimum Gasteiger partial charge on any atom is -0.462 e. The van der Waals surface area contributed by atoms with Crippen LogP contribution in [0.5, 0.6) is 0 Å². The van der Waals surface area contributed by atoms with E-state index in [1.807, 2.05) is 18.9 Å². The minimum atomic E-state index is -0.941. The molecule has 0 spiro atoms. The number of hydrogen-bond donors (Lipinski definition) is 0. The van der Waals surface area contributed by atoms with E-state index in [0.717, 1.165) is 109 Å². The average Bonchev–Trinajstić information content (AvgIpc) is 3.30.